The number of fused-ring (bicyclic) bond motifs is 3. The number of ether oxygens (including phenoxy) is 2. The molecule has 38 heavy (non-hydrogen) atoms. The Morgan fingerprint density at radius 3 is 2.66 bits per heavy atom. The monoisotopic (exact) mass is 569 g/mol. The summed E-state index contributed by atoms with van der Waals surface area (Å²) in [6, 6.07) is 14.4. The molecule has 3 atom stereocenters. The normalized spacial score (nSPS) is 26.5. The highest BCUT2D eigenvalue weighted by Gasteiger charge is 2.77. The van der Waals surface area contributed by atoms with E-state index in [0.29, 0.717) is 44.4 Å². The van der Waals surface area contributed by atoms with Crippen molar-refractivity contribution >= 4 is 57.4 Å². The van der Waals surface area contributed by atoms with E-state index >= 15 is 0 Å². The molecule has 4 heterocycles. The highest BCUT2D eigenvalue weighted by atomic mass is 35.5. The van der Waals surface area contributed by atoms with Crippen LogP contribution in [-0.4, -0.2) is 58.5 Å². The number of halogens is 1. The van der Waals surface area contributed by atoms with Crippen molar-refractivity contribution in [3.05, 3.63) is 76.7 Å². The third-order valence-electron chi connectivity index (χ3n) is 7.74. The maximum absolute atomic E-state index is 14.8. The number of hydrogen-bond acceptors (Lipinski definition) is 8. The van der Waals surface area contributed by atoms with Gasteiger partial charge in [-0.05, 0) is 55.1 Å². The van der Waals surface area contributed by atoms with Crippen LogP contribution in [0.3, 0.4) is 0 Å². The third-order valence-corrected chi connectivity index (χ3v) is 9.92. The Balaban J connectivity index is 1.59. The molecule has 2 amide bonds. The molecule has 3 aromatic rings. The second-order valence-electron chi connectivity index (χ2n) is 9.48. The predicted molar refractivity (Wildman–Crippen MR) is 149 cm³/mol. The van der Waals surface area contributed by atoms with Gasteiger partial charge in [0.1, 0.15) is 14.8 Å². The summed E-state index contributed by atoms with van der Waals surface area (Å²) < 4.78 is 15.6. The average molecular weight is 570 g/mol. The minimum Gasteiger partial charge on any atom is -0.493 e. The fourth-order valence-corrected chi connectivity index (χ4v) is 8.46. The number of thioether (sulfide) groups is 1. The van der Waals surface area contributed by atoms with Crippen LogP contribution in [0.15, 0.2) is 59.2 Å². The minimum absolute atomic E-state index is 0.169. The van der Waals surface area contributed by atoms with Gasteiger partial charge in [0.2, 0.25) is 5.91 Å². The van der Waals surface area contributed by atoms with Crippen molar-refractivity contribution in [3.8, 4) is 11.5 Å². The van der Waals surface area contributed by atoms with Gasteiger partial charge in [-0.25, -0.2) is 0 Å². The van der Waals surface area contributed by atoms with E-state index in [0.717, 1.165) is 5.56 Å². The van der Waals surface area contributed by atoms with Crippen molar-refractivity contribution in [2.75, 3.05) is 33.1 Å². The summed E-state index contributed by atoms with van der Waals surface area (Å²) in [6.45, 7) is 0.576. The number of thiocarbonyl (C=S) groups is 1. The van der Waals surface area contributed by atoms with Crippen LogP contribution < -0.4 is 14.8 Å². The third kappa shape index (κ3) is 3.24. The predicted octanol–water partition coefficient (Wildman–Crippen LogP) is 4.63. The Bertz CT molecular complexity index is 1480. The first-order valence-corrected chi connectivity index (χ1v) is 13.5. The molecule has 2 saturated heterocycles. The van der Waals surface area contributed by atoms with Crippen LogP contribution in [0.25, 0.3) is 0 Å². The van der Waals surface area contributed by atoms with E-state index in [2.05, 4.69) is 5.32 Å². The molecule has 0 aliphatic carbocycles. The Morgan fingerprint density at radius 2 is 1.95 bits per heavy atom. The second kappa shape index (κ2) is 9.01. The summed E-state index contributed by atoms with van der Waals surface area (Å²) in [5, 5.41) is 3.49. The highest BCUT2D eigenvalue weighted by molar-refractivity contribution is 8.25. The zero-order chi connectivity index (χ0) is 26.8. The molecule has 6 rings (SSSR count). The number of furan rings is 1. The molecule has 0 bridgehead atoms. The number of methoxy groups -OCH3 is 2. The van der Waals surface area contributed by atoms with Crippen LogP contribution in [0.4, 0.5) is 5.69 Å². The number of amides is 2. The Labute approximate surface area is 234 Å². The molecule has 8 nitrogen and oxygen atoms in total. The zero-order valence-corrected chi connectivity index (χ0v) is 23.2. The summed E-state index contributed by atoms with van der Waals surface area (Å²) in [5.74, 6) is 0.733. The van der Waals surface area contributed by atoms with Gasteiger partial charge in [-0.1, -0.05) is 41.6 Å². The van der Waals surface area contributed by atoms with Crippen molar-refractivity contribution < 1.29 is 23.5 Å². The first-order chi connectivity index (χ1) is 18.3. The lowest BCUT2D eigenvalue weighted by molar-refractivity contribution is -0.138. The summed E-state index contributed by atoms with van der Waals surface area (Å²) in [7, 11) is 5.00. The molecule has 11 heteroatoms. The molecule has 2 spiro atoms. The number of rotatable bonds is 5. The van der Waals surface area contributed by atoms with Crippen molar-refractivity contribution in [2.24, 2.45) is 0 Å². The summed E-state index contributed by atoms with van der Waals surface area (Å²) in [6.07, 6.45) is 1.56. The smallest absolute Gasteiger partial charge is 0.251 e. The van der Waals surface area contributed by atoms with Crippen LogP contribution in [0.5, 0.6) is 11.5 Å². The lowest BCUT2D eigenvalue weighted by Crippen LogP contribution is -2.61. The largest absolute Gasteiger partial charge is 0.493 e. The lowest BCUT2D eigenvalue weighted by Gasteiger charge is -2.41. The summed E-state index contributed by atoms with van der Waals surface area (Å²) in [5.41, 5.74) is 0.749. The first kappa shape index (κ1) is 25.2. The molecule has 2 aromatic carbocycles. The molecule has 1 aromatic heterocycles. The molecule has 3 aliphatic heterocycles. The molecule has 196 valence electrons. The van der Waals surface area contributed by atoms with Gasteiger partial charge in [0.05, 0.1) is 27.0 Å². The van der Waals surface area contributed by atoms with Gasteiger partial charge in [-0.15, -0.1) is 0 Å². The molecule has 0 saturated carbocycles. The van der Waals surface area contributed by atoms with Gasteiger partial charge in [0.25, 0.3) is 5.91 Å². The van der Waals surface area contributed by atoms with Gasteiger partial charge in [-0.2, -0.15) is 0 Å². The fraction of sp³-hybridized carbons (Fsp3) is 0.296. The number of nitrogens with one attached hydrogen (secondary N) is 1. The zero-order valence-electron chi connectivity index (χ0n) is 20.8. The minimum atomic E-state index is -1.37. The van der Waals surface area contributed by atoms with Gasteiger partial charge in [0.15, 0.2) is 17.0 Å². The average Bonchev–Trinajstić information content (AvgIpc) is 3.64. The number of nitrogens with zero attached hydrogens (tertiary/aromatic N) is 2. The van der Waals surface area contributed by atoms with Crippen molar-refractivity contribution in [3.63, 3.8) is 0 Å². The van der Waals surface area contributed by atoms with E-state index in [1.165, 1.54) is 11.8 Å². The molecule has 3 aliphatic rings. The molecule has 2 fully saturated rings. The van der Waals surface area contributed by atoms with Gasteiger partial charge >= 0.3 is 0 Å². The van der Waals surface area contributed by atoms with Gasteiger partial charge in [-0.3, -0.25) is 19.4 Å². The molecular weight excluding hydrogens is 546 g/mol. The number of likely N-dealkylation sites (tertiary alicyclic amines) is 1. The van der Waals surface area contributed by atoms with E-state index in [9.17, 15) is 9.59 Å². The topological polar surface area (TPSA) is 84.3 Å². The number of benzene rings is 2. The standard InChI is InChI=1S/C27H24ClN3O5S2/c1-30-14-19(15-6-9-21(34-2)22(11-15)35-3)27(24(33)31(25(37)38-27)13-17-5-4-10-36-17)26(30)18-12-16(28)7-8-20(18)29-23(26)32/h4-12,19H,13-14H2,1-3H3,(H,29,32)/t19-,26+,27-/m0/s1. The number of carbonyl (C=O) groups excluding carboxylic acids is 2. The van der Waals surface area contributed by atoms with E-state index in [-0.39, 0.29) is 18.4 Å². The van der Waals surface area contributed by atoms with Gasteiger partial charge in [0, 0.05) is 28.7 Å². The Morgan fingerprint density at radius 1 is 1.16 bits per heavy atom. The number of hydrogen-bond donors (Lipinski definition) is 1. The molecule has 1 N–H and O–H groups in total. The Kier molecular flexibility index (Phi) is 5.99. The second-order valence-corrected chi connectivity index (χ2v) is 11.8. The maximum Gasteiger partial charge on any atom is 0.251 e. The van der Waals surface area contributed by atoms with Crippen LogP contribution in [-0.2, 0) is 21.7 Å². The van der Waals surface area contributed by atoms with Crippen LogP contribution in [0.2, 0.25) is 5.02 Å². The fourth-order valence-electron chi connectivity index (χ4n) is 6.16. The van der Waals surface area contributed by atoms with E-state index in [4.69, 9.17) is 37.7 Å². The summed E-state index contributed by atoms with van der Waals surface area (Å²) in [4.78, 5) is 32.4. The van der Waals surface area contributed by atoms with Crippen LogP contribution >= 0.6 is 35.6 Å². The Hall–Kier alpha value is -3.05. The highest BCUT2D eigenvalue weighted by Crippen LogP contribution is 2.66. The van der Waals surface area contributed by atoms with E-state index in [1.54, 1.807) is 55.7 Å². The molecule has 0 unspecified atom stereocenters. The SMILES string of the molecule is COc1ccc([C@@H]2CN(C)[C@]3(C(=O)Nc4ccc(Cl)cc43)[C@]23SC(=S)N(Cc2ccco2)C3=O)cc1OC. The molecule has 0 radical (unpaired) electrons. The van der Waals surface area contributed by atoms with Crippen LogP contribution in [0.1, 0.15) is 22.8 Å². The maximum atomic E-state index is 14.8. The first-order valence-electron chi connectivity index (χ1n) is 11.9. The van der Waals surface area contributed by atoms with Crippen molar-refractivity contribution in [1.29, 1.82) is 0 Å². The number of likely N-dealkylation sites (N-methyl/N-ethyl adjacent to an activating group) is 1. The van der Waals surface area contributed by atoms with Crippen molar-refractivity contribution in [2.45, 2.75) is 22.7 Å². The molecular formula is C27H24ClN3O5S2. The van der Waals surface area contributed by atoms with Crippen molar-refractivity contribution in [1.82, 2.24) is 9.80 Å². The van der Waals surface area contributed by atoms with E-state index < -0.39 is 16.2 Å². The quantitative estimate of drug-likeness (QED) is 0.446. The lowest BCUT2D eigenvalue weighted by atomic mass is 9.72. The van der Waals surface area contributed by atoms with Gasteiger partial charge < -0.3 is 19.2 Å². The van der Waals surface area contributed by atoms with E-state index in [1.807, 2.05) is 30.1 Å². The number of carbonyl (C=O) groups is 2. The summed E-state index contributed by atoms with van der Waals surface area (Å²) >= 11 is 13.5. The number of anilines is 1. The van der Waals surface area contributed by atoms with Crippen LogP contribution in [0, 0.1) is 0 Å².